The van der Waals surface area contributed by atoms with Crippen LogP contribution in [0, 0.1) is 10.1 Å². The number of nitrogens with two attached hydrogens (primary N) is 1. The molecule has 0 radical (unpaired) electrons. The van der Waals surface area contributed by atoms with Crippen LogP contribution < -0.4 is 70.1 Å². The molecule has 0 amide bonds. The van der Waals surface area contributed by atoms with Crippen LogP contribution in [0.3, 0.4) is 0 Å². The smallest absolute Gasteiger partial charge is 0.744 e. The average Bonchev–Trinajstić information content (AvgIpc) is 2.90. The topological polar surface area (TPSA) is 238 Å². The summed E-state index contributed by atoms with van der Waals surface area (Å²) in [5.74, 6) is -0.788. The molecule has 41 heavy (non-hydrogen) atoms. The number of rotatable bonds is 9. The number of nitrogen functional groups attached to an aromatic ring is 1. The summed E-state index contributed by atoms with van der Waals surface area (Å²) >= 11 is 0.340. The fourth-order valence-corrected chi connectivity index (χ4v) is 4.52. The van der Waals surface area contributed by atoms with Gasteiger partial charge >= 0.3 is 59.1 Å². The number of nitro groups is 1. The minimum atomic E-state index is -5.17. The molecule has 0 saturated heterocycles. The number of anilines is 1. The zero-order valence-electron chi connectivity index (χ0n) is 21.2. The summed E-state index contributed by atoms with van der Waals surface area (Å²) < 4.78 is 40.4. The number of phenolic OH excluding ortho intramolecular Hbond substituents is 1. The Hall–Kier alpha value is -2.52. The van der Waals surface area contributed by atoms with E-state index in [9.17, 15) is 33.4 Å². The van der Waals surface area contributed by atoms with Gasteiger partial charge in [-0.3, -0.25) is 15.2 Å². The maximum Gasteiger partial charge on any atom is 1.00 e. The van der Waals surface area contributed by atoms with Crippen molar-refractivity contribution in [2.45, 2.75) is 9.79 Å². The monoisotopic (exact) mass is 616 g/mol. The van der Waals surface area contributed by atoms with Gasteiger partial charge in [0.15, 0.2) is 5.75 Å². The van der Waals surface area contributed by atoms with Gasteiger partial charge in [0.2, 0.25) is 0 Å². The molecule has 0 aliphatic rings. The SMILES string of the molecule is Nc1c(N=Nc2ccc([N+](=O)[O-])cc2)c(SOO[O-])cc2cc(S(=O)(=O)[O-])c(N=Nc3ccccc3)c(O)c12.[Na+].[Na+]. The third-order valence-electron chi connectivity index (χ3n) is 5.08. The number of benzene rings is 4. The van der Waals surface area contributed by atoms with Crippen molar-refractivity contribution in [2.75, 3.05) is 5.73 Å². The molecule has 0 aliphatic heterocycles. The zero-order valence-corrected chi connectivity index (χ0v) is 26.8. The predicted molar refractivity (Wildman–Crippen MR) is 134 cm³/mol. The first-order chi connectivity index (χ1) is 18.6. The normalized spacial score (nSPS) is 11.5. The Labute approximate surface area is 280 Å². The Morgan fingerprint density at radius 1 is 0.902 bits per heavy atom. The minimum Gasteiger partial charge on any atom is -0.744 e. The number of phenols is 1. The van der Waals surface area contributed by atoms with Gasteiger partial charge in [0, 0.05) is 12.1 Å². The minimum absolute atomic E-state index is 0. The summed E-state index contributed by atoms with van der Waals surface area (Å²) in [4.78, 5) is 9.36. The first-order valence-electron chi connectivity index (χ1n) is 10.4. The molecule has 0 saturated carbocycles. The van der Waals surface area contributed by atoms with E-state index in [-0.39, 0.29) is 97.5 Å². The van der Waals surface area contributed by atoms with Gasteiger partial charge in [0.1, 0.15) is 21.5 Å². The summed E-state index contributed by atoms with van der Waals surface area (Å²) in [6.45, 7) is 0. The molecule has 0 spiro atoms. The second-order valence-electron chi connectivity index (χ2n) is 7.49. The number of hydrogen-bond donors (Lipinski definition) is 2. The van der Waals surface area contributed by atoms with Crippen LogP contribution in [0.4, 0.5) is 34.1 Å². The van der Waals surface area contributed by atoms with Crippen molar-refractivity contribution in [3.63, 3.8) is 0 Å². The molecule has 0 fully saturated rings. The predicted octanol–water partition coefficient (Wildman–Crippen LogP) is -0.991. The molecule has 0 bridgehead atoms. The summed E-state index contributed by atoms with van der Waals surface area (Å²) in [5.41, 5.74) is 5.50. The number of azo groups is 2. The largest absolute Gasteiger partial charge is 1.00 e. The molecule has 15 nitrogen and oxygen atoms in total. The second kappa shape index (κ2) is 15.1. The van der Waals surface area contributed by atoms with Crippen molar-refractivity contribution in [3.05, 3.63) is 76.8 Å². The fourth-order valence-electron chi connectivity index (χ4n) is 3.37. The van der Waals surface area contributed by atoms with E-state index in [0.29, 0.717) is 17.7 Å². The van der Waals surface area contributed by atoms with Crippen LogP contribution >= 0.6 is 12.0 Å². The zero-order chi connectivity index (χ0) is 28.2. The van der Waals surface area contributed by atoms with Crippen LogP contribution in [0.25, 0.3) is 10.8 Å². The molecule has 3 N–H and O–H groups in total. The first kappa shape index (κ1) is 34.7. The maximum atomic E-state index is 12.0. The first-order valence-corrected chi connectivity index (χ1v) is 12.6. The Kier molecular flexibility index (Phi) is 12.8. The average molecular weight is 617 g/mol. The van der Waals surface area contributed by atoms with Gasteiger partial charge in [-0.05, 0) is 41.8 Å². The van der Waals surface area contributed by atoms with E-state index >= 15 is 0 Å². The van der Waals surface area contributed by atoms with E-state index in [1.54, 1.807) is 30.3 Å². The van der Waals surface area contributed by atoms with Crippen molar-refractivity contribution in [1.82, 2.24) is 0 Å². The van der Waals surface area contributed by atoms with Gasteiger partial charge in [-0.25, -0.2) is 8.42 Å². The molecular formula is C22H14N6Na2O9S2. The van der Waals surface area contributed by atoms with Crippen LogP contribution in [0.1, 0.15) is 0 Å². The number of non-ortho nitro benzene ring substituents is 1. The van der Waals surface area contributed by atoms with Crippen LogP contribution in [-0.2, 0) is 19.5 Å². The number of hydrogen-bond acceptors (Lipinski definition) is 15. The molecular weight excluding hydrogens is 602 g/mol. The van der Waals surface area contributed by atoms with Gasteiger partial charge in [0.05, 0.1) is 49.2 Å². The Bertz CT molecular complexity index is 1730. The molecule has 0 aliphatic carbocycles. The summed E-state index contributed by atoms with van der Waals surface area (Å²) in [6.07, 6.45) is 0. The molecule has 0 aromatic heterocycles. The standard InChI is InChI=1S/C22H16N6O9S2.2Na/c23-19-18-12(11-17(39(33,34)35)21(22(18)29)27-24-13-4-2-1-3-5-13)10-16(38-37-36-32)20(19)26-25-14-6-8-15(9-7-14)28(30)31;;/h1-11,29,32H,23H2,(H,33,34,35);;/q;2*+1/p-2. The Balaban J connectivity index is 0.00000294. The van der Waals surface area contributed by atoms with Gasteiger partial charge in [-0.1, -0.05) is 18.2 Å². The second-order valence-corrected chi connectivity index (χ2v) is 9.58. The van der Waals surface area contributed by atoms with Crippen LogP contribution in [0.2, 0.25) is 0 Å². The van der Waals surface area contributed by atoms with E-state index in [0.717, 1.165) is 6.07 Å². The molecule has 4 aromatic rings. The molecule has 200 valence electrons. The number of nitro benzene ring substituents is 1. The van der Waals surface area contributed by atoms with Gasteiger partial charge in [-0.2, -0.15) is 14.6 Å². The number of aromatic hydroxyl groups is 1. The fraction of sp³-hybridized carbons (Fsp3) is 0. The van der Waals surface area contributed by atoms with Crippen LogP contribution in [-0.4, -0.2) is 23.0 Å². The third-order valence-corrected chi connectivity index (χ3v) is 6.55. The van der Waals surface area contributed by atoms with E-state index in [1.165, 1.54) is 30.3 Å². The van der Waals surface area contributed by atoms with Gasteiger partial charge < -0.3 is 20.7 Å². The van der Waals surface area contributed by atoms with Crippen molar-refractivity contribution < 1.29 is 96.7 Å². The molecule has 0 atom stereocenters. The van der Waals surface area contributed by atoms with E-state index < -0.39 is 31.4 Å². The quantitative estimate of drug-likeness (QED) is 0.0338. The van der Waals surface area contributed by atoms with E-state index in [1.807, 2.05) is 0 Å². The van der Waals surface area contributed by atoms with Crippen molar-refractivity contribution in [1.29, 1.82) is 0 Å². The molecule has 0 unspecified atom stereocenters. The Morgan fingerprint density at radius 3 is 2.05 bits per heavy atom. The van der Waals surface area contributed by atoms with E-state index in [2.05, 4.69) is 29.8 Å². The molecule has 0 heterocycles. The van der Waals surface area contributed by atoms with Gasteiger partial charge in [0.25, 0.3) is 5.69 Å². The Morgan fingerprint density at radius 2 is 1.49 bits per heavy atom. The van der Waals surface area contributed by atoms with Crippen LogP contribution in [0.15, 0.2) is 97.0 Å². The van der Waals surface area contributed by atoms with Gasteiger partial charge in [-0.15, -0.1) is 10.2 Å². The van der Waals surface area contributed by atoms with Crippen molar-refractivity contribution in [3.8, 4) is 5.75 Å². The third kappa shape index (κ3) is 8.28. The number of nitrogens with zero attached hydrogens (tertiary/aromatic N) is 5. The summed E-state index contributed by atoms with van der Waals surface area (Å²) in [7, 11) is -5.17. The molecule has 4 rings (SSSR count). The van der Waals surface area contributed by atoms with E-state index in [4.69, 9.17) is 5.73 Å². The molecule has 19 heteroatoms. The summed E-state index contributed by atoms with van der Waals surface area (Å²) in [5, 5.41) is 51.1. The summed E-state index contributed by atoms with van der Waals surface area (Å²) in [6, 6.07) is 15.3. The maximum absolute atomic E-state index is 12.0. The van der Waals surface area contributed by atoms with Crippen molar-refractivity contribution in [2.24, 2.45) is 20.5 Å². The molecule has 4 aromatic carbocycles. The van der Waals surface area contributed by atoms with Crippen molar-refractivity contribution >= 4 is 67.1 Å². The van der Waals surface area contributed by atoms with Crippen LogP contribution in [0.5, 0.6) is 5.75 Å². The number of fused-ring (bicyclic) bond motifs is 1.